The first-order valence-corrected chi connectivity index (χ1v) is 6.45. The van der Waals surface area contributed by atoms with Gasteiger partial charge in [-0.3, -0.25) is 0 Å². The summed E-state index contributed by atoms with van der Waals surface area (Å²) >= 11 is 0. The minimum absolute atomic E-state index is 0.622. The van der Waals surface area contributed by atoms with E-state index in [0.717, 1.165) is 12.4 Å². The predicted octanol–water partition coefficient (Wildman–Crippen LogP) is 2.70. The zero-order chi connectivity index (χ0) is 11.9. The second-order valence-corrected chi connectivity index (χ2v) is 4.23. The minimum atomic E-state index is 0.622. The summed E-state index contributed by atoms with van der Waals surface area (Å²) in [6.07, 6.45) is 2.62. The molecule has 0 radical (unpaired) electrons. The summed E-state index contributed by atoms with van der Waals surface area (Å²) in [5.74, 6) is 0.924. The van der Waals surface area contributed by atoms with Gasteiger partial charge >= 0.3 is 0 Å². The van der Waals surface area contributed by atoms with Crippen molar-refractivity contribution in [3.05, 3.63) is 24.3 Å². The fourth-order valence-corrected chi connectivity index (χ4v) is 2.09. The molecule has 0 N–H and O–H groups in total. The van der Waals surface area contributed by atoms with Crippen LogP contribution in [-0.2, 0) is 4.74 Å². The van der Waals surface area contributed by atoms with Crippen LogP contribution >= 0.6 is 0 Å². The molecule has 0 unspecified atom stereocenters. The highest BCUT2D eigenvalue weighted by Crippen LogP contribution is 2.22. The molecule has 17 heavy (non-hydrogen) atoms. The van der Waals surface area contributed by atoms with Gasteiger partial charge < -0.3 is 14.4 Å². The van der Waals surface area contributed by atoms with Gasteiger partial charge in [0.2, 0.25) is 0 Å². The highest BCUT2D eigenvalue weighted by molar-refractivity contribution is 5.49. The molecule has 94 valence electrons. The van der Waals surface area contributed by atoms with Crippen LogP contribution in [0.2, 0.25) is 0 Å². The Kier molecular flexibility index (Phi) is 4.68. The van der Waals surface area contributed by atoms with Gasteiger partial charge in [-0.2, -0.15) is 0 Å². The average molecular weight is 235 g/mol. The number of nitrogens with zero attached hydrogens (tertiary/aromatic N) is 1. The van der Waals surface area contributed by atoms with E-state index >= 15 is 0 Å². The smallest absolute Gasteiger partial charge is 0.119 e. The molecular formula is C14H21NO2. The van der Waals surface area contributed by atoms with E-state index in [2.05, 4.69) is 17.0 Å². The summed E-state index contributed by atoms with van der Waals surface area (Å²) in [5.41, 5.74) is 1.31. The van der Waals surface area contributed by atoms with Crippen molar-refractivity contribution in [2.24, 2.45) is 0 Å². The van der Waals surface area contributed by atoms with Crippen LogP contribution < -0.4 is 9.64 Å². The van der Waals surface area contributed by atoms with E-state index in [9.17, 15) is 0 Å². The second kappa shape index (κ2) is 6.50. The number of hydrogen-bond acceptors (Lipinski definition) is 3. The van der Waals surface area contributed by atoms with Crippen LogP contribution in [0.25, 0.3) is 0 Å². The Labute approximate surface area is 103 Å². The van der Waals surface area contributed by atoms with Crippen LogP contribution in [0, 0.1) is 0 Å². The van der Waals surface area contributed by atoms with Crippen molar-refractivity contribution in [3.63, 3.8) is 0 Å². The van der Waals surface area contributed by atoms with Crippen LogP contribution in [0.3, 0.4) is 0 Å². The van der Waals surface area contributed by atoms with Gasteiger partial charge in [0.05, 0.1) is 6.61 Å². The molecule has 0 spiro atoms. The molecule has 1 heterocycles. The average Bonchev–Trinajstić information content (AvgIpc) is 2.89. The largest absolute Gasteiger partial charge is 0.491 e. The summed E-state index contributed by atoms with van der Waals surface area (Å²) in [6.45, 7) is 6.39. The fraction of sp³-hybridized carbons (Fsp3) is 0.571. The lowest BCUT2D eigenvalue weighted by atomic mass is 10.3. The van der Waals surface area contributed by atoms with Crippen molar-refractivity contribution < 1.29 is 9.47 Å². The number of hydrogen-bond donors (Lipinski definition) is 0. The first kappa shape index (κ1) is 12.2. The quantitative estimate of drug-likeness (QED) is 0.708. The SMILES string of the molecule is CCOCCOc1ccc(N2CCCC2)cc1. The third-order valence-electron chi connectivity index (χ3n) is 3.01. The molecule has 1 aliphatic heterocycles. The Morgan fingerprint density at radius 2 is 1.76 bits per heavy atom. The van der Waals surface area contributed by atoms with Crippen molar-refractivity contribution in [2.75, 3.05) is 37.8 Å². The molecule has 3 heteroatoms. The monoisotopic (exact) mass is 235 g/mol. The number of benzene rings is 1. The maximum atomic E-state index is 5.58. The normalized spacial score (nSPS) is 15.2. The van der Waals surface area contributed by atoms with Crippen LogP contribution in [-0.4, -0.2) is 32.9 Å². The number of rotatable bonds is 6. The van der Waals surface area contributed by atoms with Gasteiger partial charge in [-0.05, 0) is 44.0 Å². The Balaban J connectivity index is 1.80. The van der Waals surface area contributed by atoms with E-state index in [0.29, 0.717) is 13.2 Å². The molecule has 0 atom stereocenters. The van der Waals surface area contributed by atoms with Gasteiger partial charge in [0, 0.05) is 25.4 Å². The fourth-order valence-electron chi connectivity index (χ4n) is 2.09. The molecule has 3 nitrogen and oxygen atoms in total. The van der Waals surface area contributed by atoms with Crippen molar-refractivity contribution in [1.29, 1.82) is 0 Å². The highest BCUT2D eigenvalue weighted by atomic mass is 16.5. The predicted molar refractivity (Wildman–Crippen MR) is 69.9 cm³/mol. The lowest BCUT2D eigenvalue weighted by Crippen LogP contribution is -2.17. The minimum Gasteiger partial charge on any atom is -0.491 e. The third-order valence-corrected chi connectivity index (χ3v) is 3.01. The van der Waals surface area contributed by atoms with Crippen LogP contribution in [0.5, 0.6) is 5.75 Å². The van der Waals surface area contributed by atoms with E-state index in [1.54, 1.807) is 0 Å². The van der Waals surface area contributed by atoms with E-state index in [1.807, 2.05) is 19.1 Å². The molecule has 1 aromatic rings. The molecule has 1 saturated heterocycles. The second-order valence-electron chi connectivity index (χ2n) is 4.23. The molecule has 1 aliphatic rings. The zero-order valence-corrected chi connectivity index (χ0v) is 10.5. The Bertz CT molecular complexity index is 317. The molecule has 0 saturated carbocycles. The zero-order valence-electron chi connectivity index (χ0n) is 10.5. The summed E-state index contributed by atoms with van der Waals surface area (Å²) in [7, 11) is 0. The molecule has 0 aliphatic carbocycles. The first-order chi connectivity index (χ1) is 8.40. The lowest BCUT2D eigenvalue weighted by Gasteiger charge is -2.17. The van der Waals surface area contributed by atoms with Crippen molar-refractivity contribution >= 4 is 5.69 Å². The number of ether oxygens (including phenoxy) is 2. The maximum Gasteiger partial charge on any atom is 0.119 e. The summed E-state index contributed by atoms with van der Waals surface area (Å²) in [6, 6.07) is 8.36. The topological polar surface area (TPSA) is 21.7 Å². The van der Waals surface area contributed by atoms with Gasteiger partial charge in [-0.25, -0.2) is 0 Å². The molecule has 1 fully saturated rings. The van der Waals surface area contributed by atoms with Crippen LogP contribution in [0.15, 0.2) is 24.3 Å². The van der Waals surface area contributed by atoms with Crippen LogP contribution in [0.4, 0.5) is 5.69 Å². The van der Waals surface area contributed by atoms with Gasteiger partial charge in [-0.15, -0.1) is 0 Å². The van der Waals surface area contributed by atoms with Gasteiger partial charge in [0.1, 0.15) is 12.4 Å². The van der Waals surface area contributed by atoms with E-state index in [1.165, 1.54) is 31.6 Å². The van der Waals surface area contributed by atoms with Gasteiger partial charge in [0.25, 0.3) is 0 Å². The molecule has 2 rings (SSSR count). The van der Waals surface area contributed by atoms with Crippen molar-refractivity contribution in [2.45, 2.75) is 19.8 Å². The van der Waals surface area contributed by atoms with Crippen LogP contribution in [0.1, 0.15) is 19.8 Å². The maximum absolute atomic E-state index is 5.58. The molecule has 0 aromatic heterocycles. The summed E-state index contributed by atoms with van der Waals surface area (Å²) in [4.78, 5) is 2.42. The molecule has 1 aromatic carbocycles. The van der Waals surface area contributed by atoms with Gasteiger partial charge in [-0.1, -0.05) is 0 Å². The lowest BCUT2D eigenvalue weighted by molar-refractivity contribution is 0.110. The Morgan fingerprint density at radius 3 is 2.41 bits per heavy atom. The molecule has 0 amide bonds. The highest BCUT2D eigenvalue weighted by Gasteiger charge is 2.11. The van der Waals surface area contributed by atoms with Crippen molar-refractivity contribution in [1.82, 2.24) is 0 Å². The van der Waals surface area contributed by atoms with E-state index in [4.69, 9.17) is 9.47 Å². The standard InChI is InChI=1S/C14H21NO2/c1-2-16-11-12-17-14-7-5-13(6-8-14)15-9-3-4-10-15/h5-8H,2-4,9-12H2,1H3. The summed E-state index contributed by atoms with van der Waals surface area (Å²) < 4.78 is 10.8. The van der Waals surface area contributed by atoms with E-state index < -0.39 is 0 Å². The summed E-state index contributed by atoms with van der Waals surface area (Å²) in [5, 5.41) is 0. The molecule has 0 bridgehead atoms. The first-order valence-electron chi connectivity index (χ1n) is 6.45. The number of anilines is 1. The Morgan fingerprint density at radius 1 is 1.06 bits per heavy atom. The van der Waals surface area contributed by atoms with Gasteiger partial charge in [0.15, 0.2) is 0 Å². The molecular weight excluding hydrogens is 214 g/mol. The van der Waals surface area contributed by atoms with Crippen molar-refractivity contribution in [3.8, 4) is 5.75 Å². The Hall–Kier alpha value is -1.22. The third kappa shape index (κ3) is 3.63. The van der Waals surface area contributed by atoms with E-state index in [-0.39, 0.29) is 0 Å².